The predicted octanol–water partition coefficient (Wildman–Crippen LogP) is 3.91. The van der Waals surface area contributed by atoms with Gasteiger partial charge in [-0.25, -0.2) is 13.2 Å². The summed E-state index contributed by atoms with van der Waals surface area (Å²) in [4.78, 5) is 12.2. The van der Waals surface area contributed by atoms with E-state index in [0.717, 1.165) is 16.9 Å². The number of thiophene rings is 1. The van der Waals surface area contributed by atoms with Gasteiger partial charge < -0.3 is 5.11 Å². The van der Waals surface area contributed by atoms with Crippen molar-refractivity contribution in [1.82, 2.24) is 0 Å². The van der Waals surface area contributed by atoms with E-state index in [1.54, 1.807) is 24.3 Å². The molecule has 5 nitrogen and oxygen atoms in total. The number of sulfonamides is 1. The van der Waals surface area contributed by atoms with Gasteiger partial charge in [-0.3, -0.25) is 4.72 Å². The first-order valence-electron chi connectivity index (χ1n) is 6.98. The molecular weight excluding hydrogens is 346 g/mol. The molecule has 3 rings (SSSR count). The van der Waals surface area contributed by atoms with Crippen LogP contribution in [-0.2, 0) is 10.0 Å². The summed E-state index contributed by atoms with van der Waals surface area (Å²) in [6, 6.07) is 18.6. The predicted molar refractivity (Wildman–Crippen MR) is 94.0 cm³/mol. The Labute approximate surface area is 143 Å². The molecule has 0 bridgehead atoms. The molecule has 1 aromatic heterocycles. The highest BCUT2D eigenvalue weighted by molar-refractivity contribution is 7.92. The largest absolute Gasteiger partial charge is 0.477 e. The van der Waals surface area contributed by atoms with Crippen LogP contribution in [0.2, 0.25) is 0 Å². The van der Waals surface area contributed by atoms with Crippen molar-refractivity contribution in [2.24, 2.45) is 0 Å². The molecule has 3 aromatic rings. The minimum Gasteiger partial charge on any atom is -0.477 e. The molecule has 0 unspecified atom stereocenters. The monoisotopic (exact) mass is 359 g/mol. The molecule has 0 aliphatic heterocycles. The first-order valence-corrected chi connectivity index (χ1v) is 9.28. The number of aromatic carboxylic acids is 1. The molecule has 1 heterocycles. The average Bonchev–Trinajstić information content (AvgIpc) is 3.00. The minimum atomic E-state index is -3.84. The number of nitrogens with one attached hydrogen (secondary N) is 1. The van der Waals surface area contributed by atoms with Gasteiger partial charge in [0.15, 0.2) is 0 Å². The van der Waals surface area contributed by atoms with Crippen molar-refractivity contribution in [2.45, 2.75) is 4.90 Å². The Morgan fingerprint density at radius 2 is 1.54 bits per heavy atom. The molecule has 0 aliphatic rings. The standard InChI is InChI=1S/C17H13NO4S2/c19-17(20)16-14(11-15(23-16)12-7-3-1-4-8-12)18-24(21,22)13-9-5-2-6-10-13/h1-11,18H,(H,19,20). The number of hydrogen-bond donors (Lipinski definition) is 2. The molecule has 0 saturated heterocycles. The molecule has 122 valence electrons. The lowest BCUT2D eigenvalue weighted by molar-refractivity contribution is 0.0703. The van der Waals surface area contributed by atoms with Crippen LogP contribution < -0.4 is 4.72 Å². The summed E-state index contributed by atoms with van der Waals surface area (Å²) in [7, 11) is -3.84. The normalized spacial score (nSPS) is 11.2. The maximum Gasteiger partial charge on any atom is 0.348 e. The molecular formula is C17H13NO4S2. The Balaban J connectivity index is 2.02. The highest BCUT2D eigenvalue weighted by Crippen LogP contribution is 2.35. The number of anilines is 1. The third kappa shape index (κ3) is 3.32. The summed E-state index contributed by atoms with van der Waals surface area (Å²) in [6.45, 7) is 0. The van der Waals surface area contributed by atoms with Gasteiger partial charge in [-0.2, -0.15) is 0 Å². The van der Waals surface area contributed by atoms with Crippen LogP contribution in [0.1, 0.15) is 9.67 Å². The van der Waals surface area contributed by atoms with Gasteiger partial charge in [0, 0.05) is 4.88 Å². The van der Waals surface area contributed by atoms with E-state index in [1.807, 2.05) is 30.3 Å². The van der Waals surface area contributed by atoms with Gasteiger partial charge in [0.2, 0.25) is 0 Å². The first kappa shape index (κ1) is 16.2. The molecule has 0 saturated carbocycles. The molecule has 0 spiro atoms. The van der Waals surface area contributed by atoms with Crippen LogP contribution in [0.4, 0.5) is 5.69 Å². The number of benzene rings is 2. The summed E-state index contributed by atoms with van der Waals surface area (Å²) in [5.74, 6) is -1.17. The second-order valence-electron chi connectivity index (χ2n) is 4.94. The van der Waals surface area contributed by atoms with E-state index in [2.05, 4.69) is 4.72 Å². The van der Waals surface area contributed by atoms with Gasteiger partial charge in [0.1, 0.15) is 4.88 Å². The zero-order chi connectivity index (χ0) is 17.2. The fourth-order valence-electron chi connectivity index (χ4n) is 2.17. The van der Waals surface area contributed by atoms with Crippen LogP contribution in [0.3, 0.4) is 0 Å². The molecule has 0 atom stereocenters. The van der Waals surface area contributed by atoms with Crippen molar-refractivity contribution < 1.29 is 18.3 Å². The number of carboxylic acids is 1. The van der Waals surface area contributed by atoms with Crippen LogP contribution in [0, 0.1) is 0 Å². The molecule has 0 aliphatic carbocycles. The molecule has 2 N–H and O–H groups in total. The van der Waals surface area contributed by atoms with Crippen molar-refractivity contribution in [2.75, 3.05) is 4.72 Å². The average molecular weight is 359 g/mol. The number of hydrogen-bond acceptors (Lipinski definition) is 4. The third-order valence-corrected chi connectivity index (χ3v) is 5.84. The van der Waals surface area contributed by atoms with Crippen LogP contribution >= 0.6 is 11.3 Å². The Bertz CT molecular complexity index is 964. The smallest absolute Gasteiger partial charge is 0.348 e. The molecule has 0 fully saturated rings. The van der Waals surface area contributed by atoms with E-state index >= 15 is 0 Å². The lowest BCUT2D eigenvalue weighted by atomic mass is 10.2. The van der Waals surface area contributed by atoms with E-state index in [4.69, 9.17) is 0 Å². The van der Waals surface area contributed by atoms with Gasteiger partial charge in [0.25, 0.3) is 10.0 Å². The van der Waals surface area contributed by atoms with E-state index in [9.17, 15) is 18.3 Å². The second-order valence-corrected chi connectivity index (χ2v) is 7.68. The number of carboxylic acid groups (broad SMARTS) is 1. The molecule has 24 heavy (non-hydrogen) atoms. The lowest BCUT2D eigenvalue weighted by Gasteiger charge is -2.07. The van der Waals surface area contributed by atoms with Gasteiger partial charge >= 0.3 is 5.97 Å². The summed E-state index contributed by atoms with van der Waals surface area (Å²) >= 11 is 1.03. The van der Waals surface area contributed by atoms with Gasteiger partial charge in [-0.15, -0.1) is 11.3 Å². The van der Waals surface area contributed by atoms with Crippen LogP contribution in [0.5, 0.6) is 0 Å². The van der Waals surface area contributed by atoms with E-state index in [0.29, 0.717) is 4.88 Å². The maximum absolute atomic E-state index is 12.4. The first-order chi connectivity index (χ1) is 11.5. The third-order valence-electron chi connectivity index (χ3n) is 3.28. The minimum absolute atomic E-state index is 0.0478. The topological polar surface area (TPSA) is 83.5 Å². The van der Waals surface area contributed by atoms with Crippen LogP contribution in [0.15, 0.2) is 71.6 Å². The molecule has 2 aromatic carbocycles. The fraction of sp³-hybridized carbons (Fsp3) is 0. The van der Waals surface area contributed by atoms with Gasteiger partial charge in [0.05, 0.1) is 10.6 Å². The van der Waals surface area contributed by atoms with E-state index in [1.165, 1.54) is 12.1 Å². The summed E-state index contributed by atoms with van der Waals surface area (Å²) in [5, 5.41) is 9.37. The second kappa shape index (κ2) is 6.46. The Morgan fingerprint density at radius 1 is 0.958 bits per heavy atom. The molecule has 0 radical (unpaired) electrons. The van der Waals surface area contributed by atoms with Gasteiger partial charge in [-0.05, 0) is 23.8 Å². The van der Waals surface area contributed by atoms with Crippen molar-refractivity contribution in [3.05, 3.63) is 71.6 Å². The van der Waals surface area contributed by atoms with E-state index < -0.39 is 16.0 Å². The SMILES string of the molecule is O=C(O)c1sc(-c2ccccc2)cc1NS(=O)(=O)c1ccccc1. The molecule has 7 heteroatoms. The van der Waals surface area contributed by atoms with Crippen molar-refractivity contribution in [3.63, 3.8) is 0 Å². The Kier molecular flexibility index (Phi) is 4.37. The lowest BCUT2D eigenvalue weighted by Crippen LogP contribution is -2.14. The summed E-state index contributed by atoms with van der Waals surface area (Å²) in [6.07, 6.45) is 0. The number of rotatable bonds is 5. The Morgan fingerprint density at radius 3 is 2.12 bits per heavy atom. The summed E-state index contributed by atoms with van der Waals surface area (Å²) in [5.41, 5.74) is 0.894. The van der Waals surface area contributed by atoms with Crippen LogP contribution in [-0.4, -0.2) is 19.5 Å². The van der Waals surface area contributed by atoms with Crippen molar-refractivity contribution in [3.8, 4) is 10.4 Å². The van der Waals surface area contributed by atoms with Crippen molar-refractivity contribution >= 4 is 33.0 Å². The van der Waals surface area contributed by atoms with Crippen LogP contribution in [0.25, 0.3) is 10.4 Å². The molecule has 0 amide bonds. The number of carbonyl (C=O) groups is 1. The van der Waals surface area contributed by atoms with Crippen molar-refractivity contribution in [1.29, 1.82) is 0 Å². The highest BCUT2D eigenvalue weighted by atomic mass is 32.2. The highest BCUT2D eigenvalue weighted by Gasteiger charge is 2.21. The zero-order valence-electron chi connectivity index (χ0n) is 12.3. The van der Waals surface area contributed by atoms with Gasteiger partial charge in [-0.1, -0.05) is 48.5 Å². The van der Waals surface area contributed by atoms with E-state index in [-0.39, 0.29) is 15.5 Å². The maximum atomic E-state index is 12.4. The fourth-order valence-corrected chi connectivity index (χ4v) is 4.28. The Hall–Kier alpha value is -2.64. The summed E-state index contributed by atoms with van der Waals surface area (Å²) < 4.78 is 27.2. The zero-order valence-corrected chi connectivity index (χ0v) is 14.0. The quantitative estimate of drug-likeness (QED) is 0.723.